The minimum atomic E-state index is 0.701. The van der Waals surface area contributed by atoms with Gasteiger partial charge in [0, 0.05) is 12.4 Å². The summed E-state index contributed by atoms with van der Waals surface area (Å²) in [5.41, 5.74) is 0. The van der Waals surface area contributed by atoms with Gasteiger partial charge in [-0.05, 0) is 5.41 Å². The van der Waals surface area contributed by atoms with E-state index in [1.165, 1.54) is 11.8 Å². The molecule has 0 fully saturated rings. The fourth-order valence-corrected chi connectivity index (χ4v) is 0.845. The van der Waals surface area contributed by atoms with E-state index in [-0.39, 0.29) is 0 Å². The highest BCUT2D eigenvalue weighted by atomic mass is 32.2. The van der Waals surface area contributed by atoms with Crippen molar-refractivity contribution < 1.29 is 0 Å². The number of hydrogen-bond donors (Lipinski definition) is 1. The summed E-state index contributed by atoms with van der Waals surface area (Å²) in [5, 5.41) is 12.9. The lowest BCUT2D eigenvalue weighted by molar-refractivity contribution is 1.19. The molecule has 0 amide bonds. The Morgan fingerprint density at radius 3 is 3.00 bits per heavy atom. The first-order valence-corrected chi connectivity index (χ1v) is 2.99. The lowest BCUT2D eigenvalue weighted by Gasteiger charge is -1.97. The van der Waals surface area contributed by atoms with Crippen molar-refractivity contribution in [3.8, 4) is 6.07 Å². The Kier molecular flexibility index (Phi) is 1.60. The van der Waals surface area contributed by atoms with E-state index in [0.717, 1.165) is 0 Å². The highest BCUT2D eigenvalue weighted by Gasteiger charge is 1.93. The predicted molar refractivity (Wildman–Crippen MR) is 33.6 cm³/mol. The molecule has 1 rings (SSSR count). The third kappa shape index (κ3) is 1.04. The molecule has 1 N–H and O–H groups in total. The standard InChI is InChI=1S/C5H4N2S/c6-3-5-4-7-1-2-8-5/h1-2,4,7H. The molecular weight excluding hydrogens is 120 g/mol. The molecule has 0 unspecified atom stereocenters. The normalized spacial score (nSPS) is 16.1. The van der Waals surface area contributed by atoms with Gasteiger partial charge in [-0.25, -0.2) is 0 Å². The highest BCUT2D eigenvalue weighted by Crippen LogP contribution is 2.16. The van der Waals surface area contributed by atoms with Gasteiger partial charge in [0.15, 0.2) is 0 Å². The van der Waals surface area contributed by atoms with Gasteiger partial charge in [0.2, 0.25) is 0 Å². The van der Waals surface area contributed by atoms with Gasteiger partial charge >= 0.3 is 0 Å². The summed E-state index contributed by atoms with van der Waals surface area (Å²) in [4.78, 5) is 0.701. The maximum Gasteiger partial charge on any atom is 0.108 e. The molecular formula is C5H4N2S. The number of nitrogens with one attached hydrogen (secondary N) is 1. The number of thioether (sulfide) groups is 1. The molecule has 0 saturated carbocycles. The molecule has 0 saturated heterocycles. The van der Waals surface area contributed by atoms with Gasteiger partial charge in [-0.3, -0.25) is 0 Å². The summed E-state index contributed by atoms with van der Waals surface area (Å²) < 4.78 is 0. The Balaban J connectivity index is 2.59. The van der Waals surface area contributed by atoms with Gasteiger partial charge in [-0.2, -0.15) is 5.26 Å². The highest BCUT2D eigenvalue weighted by molar-refractivity contribution is 8.06. The van der Waals surface area contributed by atoms with E-state index >= 15 is 0 Å². The second-order valence-electron chi connectivity index (χ2n) is 1.21. The molecule has 8 heavy (non-hydrogen) atoms. The van der Waals surface area contributed by atoms with Crippen LogP contribution in [0.5, 0.6) is 0 Å². The van der Waals surface area contributed by atoms with Crippen molar-refractivity contribution in [2.75, 3.05) is 0 Å². The zero-order valence-electron chi connectivity index (χ0n) is 4.09. The van der Waals surface area contributed by atoms with Crippen molar-refractivity contribution in [1.82, 2.24) is 5.32 Å². The van der Waals surface area contributed by atoms with E-state index in [1.807, 2.05) is 11.5 Å². The lowest BCUT2D eigenvalue weighted by Crippen LogP contribution is -1.95. The lowest BCUT2D eigenvalue weighted by atomic mass is 10.6. The number of rotatable bonds is 0. The first-order chi connectivity index (χ1) is 3.93. The van der Waals surface area contributed by atoms with Crippen LogP contribution < -0.4 is 5.32 Å². The van der Waals surface area contributed by atoms with Crippen molar-refractivity contribution in [3.63, 3.8) is 0 Å². The van der Waals surface area contributed by atoms with Crippen molar-refractivity contribution in [3.05, 3.63) is 22.7 Å². The van der Waals surface area contributed by atoms with E-state index in [0.29, 0.717) is 4.91 Å². The van der Waals surface area contributed by atoms with Crippen LogP contribution >= 0.6 is 11.8 Å². The summed E-state index contributed by atoms with van der Waals surface area (Å²) in [6.45, 7) is 0. The van der Waals surface area contributed by atoms with Crippen LogP contribution in [0.4, 0.5) is 0 Å². The van der Waals surface area contributed by atoms with Crippen LogP contribution in [0, 0.1) is 11.3 Å². The Hall–Kier alpha value is -0.880. The molecule has 0 atom stereocenters. The molecule has 2 nitrogen and oxygen atoms in total. The molecule has 1 aliphatic rings. The maximum absolute atomic E-state index is 8.28. The molecule has 1 heterocycles. The number of nitriles is 1. The van der Waals surface area contributed by atoms with Crippen molar-refractivity contribution in [1.29, 1.82) is 5.26 Å². The fraction of sp³-hybridized carbons (Fsp3) is 0. The van der Waals surface area contributed by atoms with Crippen LogP contribution in [-0.2, 0) is 0 Å². The summed E-state index contributed by atoms with van der Waals surface area (Å²) >= 11 is 1.42. The van der Waals surface area contributed by atoms with Crippen LogP contribution in [0.2, 0.25) is 0 Å². The molecule has 0 bridgehead atoms. The average Bonchev–Trinajstić information content (AvgIpc) is 1.90. The van der Waals surface area contributed by atoms with E-state index in [9.17, 15) is 0 Å². The van der Waals surface area contributed by atoms with Crippen LogP contribution in [0.15, 0.2) is 22.7 Å². The smallest absolute Gasteiger partial charge is 0.108 e. The first-order valence-electron chi connectivity index (χ1n) is 2.11. The van der Waals surface area contributed by atoms with E-state index in [4.69, 9.17) is 5.26 Å². The predicted octanol–water partition coefficient (Wildman–Crippen LogP) is 1.16. The van der Waals surface area contributed by atoms with Gasteiger partial charge < -0.3 is 5.32 Å². The number of hydrogen-bond acceptors (Lipinski definition) is 3. The summed E-state index contributed by atoms with van der Waals surface area (Å²) in [6.07, 6.45) is 3.45. The molecule has 0 radical (unpaired) electrons. The quantitative estimate of drug-likeness (QED) is 0.526. The van der Waals surface area contributed by atoms with E-state index < -0.39 is 0 Å². The Morgan fingerprint density at radius 1 is 1.75 bits per heavy atom. The molecule has 0 aliphatic carbocycles. The van der Waals surface area contributed by atoms with Crippen LogP contribution in [0.1, 0.15) is 0 Å². The molecule has 3 heteroatoms. The Labute approximate surface area is 51.9 Å². The number of nitrogens with zero attached hydrogens (tertiary/aromatic N) is 1. The first kappa shape index (κ1) is 5.26. The monoisotopic (exact) mass is 124 g/mol. The van der Waals surface area contributed by atoms with Crippen molar-refractivity contribution >= 4 is 11.8 Å². The average molecular weight is 124 g/mol. The second-order valence-corrected chi connectivity index (χ2v) is 2.16. The molecule has 0 spiro atoms. The molecule has 0 aromatic carbocycles. The minimum absolute atomic E-state index is 0.701. The Bertz CT molecular complexity index is 175. The van der Waals surface area contributed by atoms with Gasteiger partial charge in [0.25, 0.3) is 0 Å². The Morgan fingerprint density at radius 2 is 2.62 bits per heavy atom. The molecule has 1 aliphatic heterocycles. The van der Waals surface area contributed by atoms with Gasteiger partial charge in [0.1, 0.15) is 11.0 Å². The van der Waals surface area contributed by atoms with Crippen molar-refractivity contribution in [2.45, 2.75) is 0 Å². The van der Waals surface area contributed by atoms with Gasteiger partial charge in [-0.1, -0.05) is 11.8 Å². The zero-order chi connectivity index (χ0) is 5.82. The summed E-state index contributed by atoms with van der Waals surface area (Å²) in [7, 11) is 0. The SMILES string of the molecule is N#CC1=CNC=CS1. The van der Waals surface area contributed by atoms with Crippen LogP contribution in [-0.4, -0.2) is 0 Å². The molecule has 0 aromatic heterocycles. The minimum Gasteiger partial charge on any atom is -0.366 e. The maximum atomic E-state index is 8.28. The van der Waals surface area contributed by atoms with Gasteiger partial charge in [0.05, 0.1) is 0 Å². The largest absolute Gasteiger partial charge is 0.366 e. The summed E-state index contributed by atoms with van der Waals surface area (Å²) in [5.74, 6) is 0. The van der Waals surface area contributed by atoms with E-state index in [1.54, 1.807) is 12.4 Å². The van der Waals surface area contributed by atoms with E-state index in [2.05, 4.69) is 5.32 Å². The second kappa shape index (κ2) is 2.43. The summed E-state index contributed by atoms with van der Waals surface area (Å²) in [6, 6.07) is 2.01. The van der Waals surface area contributed by atoms with Crippen molar-refractivity contribution in [2.24, 2.45) is 0 Å². The topological polar surface area (TPSA) is 35.8 Å². The van der Waals surface area contributed by atoms with Crippen LogP contribution in [0.3, 0.4) is 0 Å². The number of allylic oxidation sites excluding steroid dienone is 1. The third-order valence-electron chi connectivity index (χ3n) is 0.684. The molecule has 0 aromatic rings. The third-order valence-corrected chi connectivity index (χ3v) is 1.42. The fourth-order valence-electron chi connectivity index (χ4n) is 0.363. The van der Waals surface area contributed by atoms with Crippen LogP contribution in [0.25, 0.3) is 0 Å². The molecule has 40 valence electrons. The van der Waals surface area contributed by atoms with Gasteiger partial charge in [-0.15, -0.1) is 0 Å². The zero-order valence-corrected chi connectivity index (χ0v) is 4.90.